The predicted octanol–water partition coefficient (Wildman–Crippen LogP) is 3.41. The summed E-state index contributed by atoms with van der Waals surface area (Å²) >= 11 is 1.51. The summed E-state index contributed by atoms with van der Waals surface area (Å²) in [5.41, 5.74) is 0.610. The molecule has 2 heterocycles. The minimum Gasteiger partial charge on any atom is -0.454 e. The van der Waals surface area contributed by atoms with E-state index in [1.165, 1.54) is 11.8 Å². The zero-order valence-corrected chi connectivity index (χ0v) is 16.1. The third kappa shape index (κ3) is 5.23. The summed E-state index contributed by atoms with van der Waals surface area (Å²) in [6.07, 6.45) is 6.82. The van der Waals surface area contributed by atoms with E-state index in [9.17, 15) is 9.59 Å². The van der Waals surface area contributed by atoms with E-state index in [4.69, 9.17) is 4.74 Å². The van der Waals surface area contributed by atoms with E-state index in [0.717, 1.165) is 19.4 Å². The van der Waals surface area contributed by atoms with E-state index in [-0.39, 0.29) is 17.7 Å². The Bertz CT molecular complexity index is 785. The van der Waals surface area contributed by atoms with Crippen molar-refractivity contribution < 1.29 is 14.3 Å². The Kier molecular flexibility index (Phi) is 6.70. The highest BCUT2D eigenvalue weighted by atomic mass is 32.2. The fourth-order valence-corrected chi connectivity index (χ4v) is 3.49. The first kappa shape index (κ1) is 19.2. The Morgan fingerprint density at radius 2 is 2.15 bits per heavy atom. The number of likely N-dealkylation sites (tertiary alicyclic amines) is 1. The number of thioether (sulfide) groups is 1. The van der Waals surface area contributed by atoms with Crippen LogP contribution in [0.4, 0.5) is 5.69 Å². The molecule has 3 rings (SSSR count). The number of piperidine rings is 1. The third-order valence-corrected chi connectivity index (χ3v) is 4.96. The van der Waals surface area contributed by atoms with E-state index in [2.05, 4.69) is 10.3 Å². The van der Waals surface area contributed by atoms with E-state index >= 15 is 0 Å². The highest BCUT2D eigenvalue weighted by molar-refractivity contribution is 7.99. The summed E-state index contributed by atoms with van der Waals surface area (Å²) < 4.78 is 5.84. The number of rotatable bonds is 6. The van der Waals surface area contributed by atoms with Crippen molar-refractivity contribution in [2.75, 3.05) is 30.4 Å². The summed E-state index contributed by atoms with van der Waals surface area (Å²) in [6, 6.07) is 10.9. The Balaban J connectivity index is 1.66. The number of hydrogen-bond donors (Lipinski definition) is 1. The summed E-state index contributed by atoms with van der Waals surface area (Å²) in [6.45, 7) is 1.20. The molecule has 0 bridgehead atoms. The zero-order valence-electron chi connectivity index (χ0n) is 15.3. The van der Waals surface area contributed by atoms with Gasteiger partial charge in [-0.1, -0.05) is 12.1 Å². The van der Waals surface area contributed by atoms with Gasteiger partial charge in [0, 0.05) is 19.3 Å². The maximum atomic E-state index is 12.8. The van der Waals surface area contributed by atoms with Crippen LogP contribution in [0.5, 0.6) is 11.5 Å². The summed E-state index contributed by atoms with van der Waals surface area (Å²) in [5.74, 6) is 1.42. The molecule has 27 heavy (non-hydrogen) atoms. The lowest BCUT2D eigenvalue weighted by Crippen LogP contribution is -2.44. The Labute approximate surface area is 163 Å². The van der Waals surface area contributed by atoms with Crippen LogP contribution in [0.1, 0.15) is 12.8 Å². The van der Waals surface area contributed by atoms with Crippen LogP contribution < -0.4 is 10.1 Å². The van der Waals surface area contributed by atoms with Gasteiger partial charge < -0.3 is 15.0 Å². The van der Waals surface area contributed by atoms with Crippen LogP contribution >= 0.6 is 11.8 Å². The van der Waals surface area contributed by atoms with Crippen LogP contribution in [-0.4, -0.2) is 46.8 Å². The predicted molar refractivity (Wildman–Crippen MR) is 107 cm³/mol. The van der Waals surface area contributed by atoms with Crippen LogP contribution in [-0.2, 0) is 9.59 Å². The molecule has 1 aromatic heterocycles. The molecule has 1 aromatic carbocycles. The van der Waals surface area contributed by atoms with Gasteiger partial charge in [0.2, 0.25) is 11.8 Å². The van der Waals surface area contributed by atoms with Crippen molar-refractivity contribution in [3.8, 4) is 11.5 Å². The molecule has 0 radical (unpaired) electrons. The Hall–Kier alpha value is -2.54. The zero-order chi connectivity index (χ0) is 19.1. The number of benzene rings is 1. The van der Waals surface area contributed by atoms with Gasteiger partial charge in [0.25, 0.3) is 0 Å². The van der Waals surface area contributed by atoms with Crippen LogP contribution in [0.15, 0.2) is 48.8 Å². The van der Waals surface area contributed by atoms with E-state index in [1.54, 1.807) is 29.4 Å². The fraction of sp³-hybridized carbons (Fsp3) is 0.350. The van der Waals surface area contributed by atoms with Crippen molar-refractivity contribution in [1.82, 2.24) is 9.88 Å². The normalized spacial score (nSPS) is 16.6. The number of anilines is 1. The molecule has 0 aliphatic carbocycles. The number of pyridine rings is 1. The number of nitrogens with zero attached hydrogens (tertiary/aromatic N) is 2. The van der Waals surface area contributed by atoms with Crippen molar-refractivity contribution in [1.29, 1.82) is 0 Å². The minimum atomic E-state index is -0.212. The lowest BCUT2D eigenvalue weighted by Gasteiger charge is -2.32. The molecule has 1 aliphatic heterocycles. The van der Waals surface area contributed by atoms with Gasteiger partial charge in [0.05, 0.1) is 23.6 Å². The van der Waals surface area contributed by atoms with Crippen LogP contribution in [0, 0.1) is 5.92 Å². The Morgan fingerprint density at radius 3 is 2.93 bits per heavy atom. The first-order valence-electron chi connectivity index (χ1n) is 8.92. The number of nitrogens with one attached hydrogen (secondary N) is 1. The van der Waals surface area contributed by atoms with Gasteiger partial charge in [0.1, 0.15) is 5.75 Å². The number of carbonyl (C=O) groups excluding carboxylic acids is 2. The molecule has 7 heteroatoms. The summed E-state index contributed by atoms with van der Waals surface area (Å²) in [5, 5.41) is 2.96. The first-order chi connectivity index (χ1) is 13.2. The number of ether oxygens (including phenoxy) is 1. The van der Waals surface area contributed by atoms with Crippen molar-refractivity contribution >= 4 is 29.3 Å². The molecule has 0 unspecified atom stereocenters. The quantitative estimate of drug-likeness (QED) is 0.825. The summed E-state index contributed by atoms with van der Waals surface area (Å²) in [7, 11) is 0. The number of carbonyl (C=O) groups is 2. The summed E-state index contributed by atoms with van der Waals surface area (Å²) in [4.78, 5) is 30.7. The van der Waals surface area contributed by atoms with Crippen molar-refractivity contribution in [3.63, 3.8) is 0 Å². The molecule has 0 spiro atoms. The molecule has 1 fully saturated rings. The van der Waals surface area contributed by atoms with E-state index in [1.807, 2.05) is 30.5 Å². The van der Waals surface area contributed by atoms with Gasteiger partial charge in [-0.2, -0.15) is 11.8 Å². The average molecular weight is 385 g/mol. The van der Waals surface area contributed by atoms with Gasteiger partial charge in [0.15, 0.2) is 5.75 Å². The topological polar surface area (TPSA) is 71.5 Å². The molecule has 6 nitrogen and oxygen atoms in total. The SMILES string of the molecule is CSCC(=O)N1CCC[C@H](C(=O)Nc2ccccc2Oc2cccnc2)C1. The number of para-hydroxylation sites is 2. The standard InChI is InChI=1S/C20H23N3O3S/c1-27-14-19(24)23-11-5-6-15(13-23)20(25)22-17-8-2-3-9-18(17)26-16-7-4-10-21-12-16/h2-4,7-10,12,15H,5-6,11,13-14H2,1H3,(H,22,25)/t15-/m0/s1. The van der Waals surface area contributed by atoms with Crippen molar-refractivity contribution in [2.45, 2.75) is 12.8 Å². The molecule has 2 aromatic rings. The molecule has 1 N–H and O–H groups in total. The van der Waals surface area contributed by atoms with Gasteiger partial charge in [-0.25, -0.2) is 0 Å². The maximum Gasteiger partial charge on any atom is 0.232 e. The second-order valence-electron chi connectivity index (χ2n) is 6.39. The van der Waals surface area contributed by atoms with E-state index in [0.29, 0.717) is 29.5 Å². The molecule has 1 saturated heterocycles. The first-order valence-corrected chi connectivity index (χ1v) is 10.3. The van der Waals surface area contributed by atoms with Crippen LogP contribution in [0.25, 0.3) is 0 Å². The number of amides is 2. The molecule has 1 aliphatic rings. The highest BCUT2D eigenvalue weighted by Crippen LogP contribution is 2.30. The smallest absolute Gasteiger partial charge is 0.232 e. The maximum absolute atomic E-state index is 12.8. The fourth-order valence-electron chi connectivity index (χ4n) is 3.06. The molecule has 1 atom stereocenters. The molecular formula is C20H23N3O3S. The van der Waals surface area contributed by atoms with Crippen molar-refractivity contribution in [3.05, 3.63) is 48.8 Å². The van der Waals surface area contributed by atoms with Gasteiger partial charge in [-0.3, -0.25) is 14.6 Å². The van der Waals surface area contributed by atoms with Crippen LogP contribution in [0.2, 0.25) is 0 Å². The van der Waals surface area contributed by atoms with E-state index < -0.39 is 0 Å². The molecule has 2 amide bonds. The minimum absolute atomic E-state index is 0.0844. The van der Waals surface area contributed by atoms with Gasteiger partial charge in [-0.05, 0) is 43.4 Å². The Morgan fingerprint density at radius 1 is 1.30 bits per heavy atom. The second kappa shape index (κ2) is 9.41. The molecule has 0 saturated carbocycles. The lowest BCUT2D eigenvalue weighted by atomic mass is 9.97. The average Bonchev–Trinajstić information content (AvgIpc) is 2.70. The second-order valence-corrected chi connectivity index (χ2v) is 7.25. The number of hydrogen-bond acceptors (Lipinski definition) is 5. The monoisotopic (exact) mass is 385 g/mol. The van der Waals surface area contributed by atoms with Crippen molar-refractivity contribution in [2.24, 2.45) is 5.92 Å². The lowest BCUT2D eigenvalue weighted by molar-refractivity contribution is -0.132. The molecular weight excluding hydrogens is 362 g/mol. The number of aromatic nitrogens is 1. The highest BCUT2D eigenvalue weighted by Gasteiger charge is 2.28. The van der Waals surface area contributed by atoms with Gasteiger partial charge in [-0.15, -0.1) is 0 Å². The molecule has 142 valence electrons. The van der Waals surface area contributed by atoms with Gasteiger partial charge >= 0.3 is 0 Å². The largest absolute Gasteiger partial charge is 0.454 e. The van der Waals surface area contributed by atoms with Crippen LogP contribution in [0.3, 0.4) is 0 Å². The third-order valence-electron chi connectivity index (χ3n) is 4.42.